The molecule has 23 heavy (non-hydrogen) atoms. The fourth-order valence-electron chi connectivity index (χ4n) is 2.10. The minimum Gasteiger partial charge on any atom is -0.354 e. The molecule has 0 saturated carbocycles. The first kappa shape index (κ1) is 24.3. The van der Waals surface area contributed by atoms with E-state index in [4.69, 9.17) is 0 Å². The molecule has 0 aromatic heterocycles. The average molecular weight is 372 g/mol. The molecule has 0 aliphatic heterocycles. The average Bonchev–Trinajstić information content (AvgIpc) is 2.41. The zero-order valence-electron chi connectivity index (χ0n) is 13.6. The summed E-state index contributed by atoms with van der Waals surface area (Å²) >= 11 is 0. The van der Waals surface area contributed by atoms with Gasteiger partial charge in [0.05, 0.1) is 6.04 Å². The predicted octanol–water partition coefficient (Wildman–Crippen LogP) is 2.53. The summed E-state index contributed by atoms with van der Waals surface area (Å²) in [5, 5.41) is 5.69. The van der Waals surface area contributed by atoms with Crippen LogP contribution in [-0.4, -0.2) is 45.0 Å². The topological polar surface area (TPSA) is 44.4 Å². The van der Waals surface area contributed by atoms with Crippen LogP contribution in [0.2, 0.25) is 0 Å². The Kier molecular flexibility index (Phi) is 13.2. The van der Waals surface area contributed by atoms with Crippen molar-refractivity contribution in [3.63, 3.8) is 0 Å². The number of nitrogens with one attached hydrogen (secondary N) is 2. The molecule has 0 aliphatic rings. The van der Waals surface area contributed by atoms with E-state index < -0.39 is 17.7 Å². The lowest BCUT2D eigenvalue weighted by Gasteiger charge is -2.25. The lowest BCUT2D eigenvalue weighted by Crippen LogP contribution is -2.35. The molecule has 0 saturated heterocycles. The summed E-state index contributed by atoms with van der Waals surface area (Å²) in [7, 11) is 5.27. The highest BCUT2D eigenvalue weighted by Gasteiger charge is 2.22. The molecule has 0 bridgehead atoms. The van der Waals surface area contributed by atoms with E-state index in [1.54, 1.807) is 19.0 Å². The molecule has 1 rings (SSSR count). The van der Waals surface area contributed by atoms with E-state index in [2.05, 4.69) is 10.6 Å². The van der Waals surface area contributed by atoms with Crippen LogP contribution in [0, 0.1) is 11.6 Å². The fourth-order valence-corrected chi connectivity index (χ4v) is 2.10. The summed E-state index contributed by atoms with van der Waals surface area (Å²) in [6.07, 6.45) is 1.11. The first-order chi connectivity index (χ1) is 9.97. The van der Waals surface area contributed by atoms with Crippen molar-refractivity contribution in [2.24, 2.45) is 0 Å². The normalized spacial score (nSPS) is 11.4. The van der Waals surface area contributed by atoms with E-state index in [-0.39, 0.29) is 42.8 Å². The predicted molar refractivity (Wildman–Crippen MR) is 93.5 cm³/mol. The largest absolute Gasteiger partial charge is 0.354 e. The summed E-state index contributed by atoms with van der Waals surface area (Å²) in [6, 6.07) is 3.24. The highest BCUT2D eigenvalue weighted by molar-refractivity contribution is 5.85. The Morgan fingerprint density at radius 3 is 2.26 bits per heavy atom. The number of amides is 1. The van der Waals surface area contributed by atoms with Crippen molar-refractivity contribution in [2.45, 2.75) is 18.9 Å². The molecule has 4 nitrogen and oxygen atoms in total. The highest BCUT2D eigenvalue weighted by Crippen LogP contribution is 2.23. The van der Waals surface area contributed by atoms with Gasteiger partial charge in [-0.05, 0) is 46.2 Å². The summed E-state index contributed by atoms with van der Waals surface area (Å²) in [5.74, 6) is -1.31. The minimum absolute atomic E-state index is 0. The molecular formula is C15H25Cl2F2N3O. The monoisotopic (exact) mass is 371 g/mol. The Morgan fingerprint density at radius 2 is 1.78 bits per heavy atom. The van der Waals surface area contributed by atoms with Crippen LogP contribution in [0.3, 0.4) is 0 Å². The fraction of sp³-hybridized carbons (Fsp3) is 0.533. The number of likely N-dealkylation sites (N-methyl/N-ethyl adjacent to an activating group) is 1. The van der Waals surface area contributed by atoms with Gasteiger partial charge in [0.25, 0.3) is 0 Å². The molecule has 1 atom stereocenters. The Morgan fingerprint density at radius 1 is 1.22 bits per heavy atom. The zero-order valence-corrected chi connectivity index (χ0v) is 15.2. The number of carbonyl (C=O) groups is 1. The molecule has 8 heteroatoms. The second-order valence-electron chi connectivity index (χ2n) is 5.13. The summed E-state index contributed by atoms with van der Waals surface area (Å²) < 4.78 is 27.7. The Balaban J connectivity index is 0. The van der Waals surface area contributed by atoms with Gasteiger partial charge >= 0.3 is 0 Å². The van der Waals surface area contributed by atoms with E-state index in [9.17, 15) is 13.6 Å². The number of halogens is 4. The van der Waals surface area contributed by atoms with E-state index in [0.29, 0.717) is 6.42 Å². The van der Waals surface area contributed by atoms with Gasteiger partial charge in [0.2, 0.25) is 5.91 Å². The van der Waals surface area contributed by atoms with Crippen molar-refractivity contribution in [2.75, 3.05) is 34.2 Å². The van der Waals surface area contributed by atoms with Gasteiger partial charge in [-0.3, -0.25) is 4.79 Å². The second kappa shape index (κ2) is 12.5. The van der Waals surface area contributed by atoms with Crippen LogP contribution in [0.25, 0.3) is 0 Å². The minimum atomic E-state index is -0.599. The third-order valence-corrected chi connectivity index (χ3v) is 3.28. The maximum atomic E-state index is 13.8. The first-order valence-corrected chi connectivity index (χ1v) is 6.99. The number of carbonyl (C=O) groups excluding carboxylic acids is 1. The van der Waals surface area contributed by atoms with Crippen LogP contribution in [0.5, 0.6) is 0 Å². The van der Waals surface area contributed by atoms with Crippen LogP contribution in [0.1, 0.15) is 24.4 Å². The second-order valence-corrected chi connectivity index (χ2v) is 5.13. The number of hydrogen-bond donors (Lipinski definition) is 2. The van der Waals surface area contributed by atoms with E-state index in [1.165, 1.54) is 18.2 Å². The van der Waals surface area contributed by atoms with Gasteiger partial charge in [-0.15, -0.1) is 24.8 Å². The number of benzene rings is 1. The van der Waals surface area contributed by atoms with E-state index in [1.807, 2.05) is 7.05 Å². The Hall–Kier alpha value is -0.950. The van der Waals surface area contributed by atoms with E-state index in [0.717, 1.165) is 13.0 Å². The number of rotatable bonds is 8. The Labute approximate surface area is 148 Å². The van der Waals surface area contributed by atoms with Crippen LogP contribution >= 0.6 is 24.8 Å². The third-order valence-electron chi connectivity index (χ3n) is 3.28. The van der Waals surface area contributed by atoms with Crippen LogP contribution < -0.4 is 10.6 Å². The maximum Gasteiger partial charge on any atom is 0.220 e. The molecule has 1 aromatic rings. The quantitative estimate of drug-likeness (QED) is 0.690. The van der Waals surface area contributed by atoms with Gasteiger partial charge in [-0.25, -0.2) is 8.78 Å². The zero-order chi connectivity index (χ0) is 15.8. The molecule has 0 heterocycles. The number of nitrogens with zero attached hydrogens (tertiary/aromatic N) is 1. The summed E-state index contributed by atoms with van der Waals surface area (Å²) in [5.41, 5.74) is -0.0157. The highest BCUT2D eigenvalue weighted by atomic mass is 35.5. The third kappa shape index (κ3) is 7.92. The van der Waals surface area contributed by atoms with Gasteiger partial charge in [-0.2, -0.15) is 0 Å². The van der Waals surface area contributed by atoms with Gasteiger partial charge in [0.15, 0.2) is 0 Å². The lowest BCUT2D eigenvalue weighted by atomic mass is 10.0. The maximum absolute atomic E-state index is 13.8. The van der Waals surface area contributed by atoms with Gasteiger partial charge in [0.1, 0.15) is 11.6 Å². The van der Waals surface area contributed by atoms with Crippen molar-refractivity contribution < 1.29 is 13.6 Å². The Bertz CT molecular complexity index is 456. The molecular weight excluding hydrogens is 347 g/mol. The molecule has 0 fully saturated rings. The first-order valence-electron chi connectivity index (χ1n) is 6.99. The van der Waals surface area contributed by atoms with Gasteiger partial charge < -0.3 is 15.5 Å². The molecule has 1 amide bonds. The van der Waals surface area contributed by atoms with Crippen molar-refractivity contribution >= 4 is 30.7 Å². The van der Waals surface area contributed by atoms with Crippen molar-refractivity contribution in [1.82, 2.24) is 15.5 Å². The lowest BCUT2D eigenvalue weighted by molar-refractivity contribution is -0.121. The van der Waals surface area contributed by atoms with Crippen molar-refractivity contribution in [3.05, 3.63) is 35.4 Å². The number of hydrogen-bond acceptors (Lipinski definition) is 3. The SMILES string of the molecule is CNCCCC(=O)NCC(c1c(F)cccc1F)N(C)C.Cl.Cl. The van der Waals surface area contributed by atoms with Crippen molar-refractivity contribution in [3.8, 4) is 0 Å². The summed E-state index contributed by atoms with van der Waals surface area (Å²) in [4.78, 5) is 13.4. The molecule has 1 unspecified atom stereocenters. The van der Waals surface area contributed by atoms with Gasteiger partial charge in [0, 0.05) is 18.5 Å². The molecule has 0 aliphatic carbocycles. The van der Waals surface area contributed by atoms with Crippen LogP contribution in [-0.2, 0) is 4.79 Å². The molecule has 0 radical (unpaired) electrons. The molecule has 2 N–H and O–H groups in total. The standard InChI is InChI=1S/C15H23F2N3O.2ClH/c1-18-9-5-8-14(21)19-10-13(20(2)3)15-11(16)6-4-7-12(15)17;;/h4,6-7,13,18H,5,8-10H2,1-3H3,(H,19,21);2*1H. The molecule has 1 aromatic carbocycles. The molecule has 0 spiro atoms. The van der Waals surface area contributed by atoms with Crippen LogP contribution in [0.15, 0.2) is 18.2 Å². The smallest absolute Gasteiger partial charge is 0.220 e. The van der Waals surface area contributed by atoms with E-state index >= 15 is 0 Å². The van der Waals surface area contributed by atoms with Crippen LogP contribution in [0.4, 0.5) is 8.78 Å². The summed E-state index contributed by atoms with van der Waals surface area (Å²) in [6.45, 7) is 0.926. The van der Waals surface area contributed by atoms with Crippen molar-refractivity contribution in [1.29, 1.82) is 0 Å². The van der Waals surface area contributed by atoms with Gasteiger partial charge in [-0.1, -0.05) is 6.07 Å². The molecule has 134 valence electrons.